The number of aliphatic hydroxyl groups is 3. The fourth-order valence-corrected chi connectivity index (χ4v) is 14.0. The molecule has 15 nitrogen and oxygen atoms in total. The minimum absolute atomic E-state index is 0.0634. The summed E-state index contributed by atoms with van der Waals surface area (Å²) in [6.45, 7) is 0. The Balaban J connectivity index is 1.06. The van der Waals surface area contributed by atoms with E-state index in [0.29, 0.717) is 34.2 Å². The van der Waals surface area contributed by atoms with Crippen molar-refractivity contribution in [2.75, 3.05) is 0 Å². The highest BCUT2D eigenvalue weighted by atomic mass is 27.2. The van der Waals surface area contributed by atoms with Gasteiger partial charge in [0, 0.05) is 84.4 Å². The molecule has 0 radical (unpaired) electrons. The van der Waals surface area contributed by atoms with Crippen molar-refractivity contribution in [2.24, 2.45) is 0 Å². The van der Waals surface area contributed by atoms with Crippen molar-refractivity contribution in [1.82, 2.24) is 59.8 Å². The van der Waals surface area contributed by atoms with Crippen LogP contribution in [-0.4, -0.2) is 89.3 Å². The largest absolute Gasteiger partial charge is 0.506 e. The van der Waals surface area contributed by atoms with Gasteiger partial charge in [-0.2, -0.15) is 0 Å². The maximum Gasteiger partial charge on any atom is 0.393 e. The average molecular weight is 1000 g/mol. The molecule has 0 aromatic carbocycles. The van der Waals surface area contributed by atoms with Gasteiger partial charge in [-0.3, -0.25) is 0 Å². The van der Waals surface area contributed by atoms with Crippen LogP contribution in [0.4, 0.5) is 0 Å². The van der Waals surface area contributed by atoms with Crippen molar-refractivity contribution in [3.05, 3.63) is 196 Å². The summed E-state index contributed by atoms with van der Waals surface area (Å²) in [5.41, 5.74) is 17.4. The molecule has 0 saturated carbocycles. The van der Waals surface area contributed by atoms with Gasteiger partial charge >= 0.3 is 14.1 Å². The minimum Gasteiger partial charge on any atom is -0.506 e. The second-order valence-electron chi connectivity index (χ2n) is 19.3. The summed E-state index contributed by atoms with van der Waals surface area (Å²) >= 11 is -2.82. The van der Waals surface area contributed by atoms with Gasteiger partial charge in [0.15, 0.2) is 0 Å². The van der Waals surface area contributed by atoms with E-state index >= 15 is 0 Å². The molecule has 9 aromatic rings. The maximum atomic E-state index is 11.2. The van der Waals surface area contributed by atoms with Gasteiger partial charge in [-0.05, 0) is 164 Å². The number of aromatic nitrogens is 12. The first kappa shape index (κ1) is 43.3. The van der Waals surface area contributed by atoms with Crippen LogP contribution in [0.3, 0.4) is 0 Å². The van der Waals surface area contributed by atoms with Crippen molar-refractivity contribution in [3.63, 3.8) is 0 Å². The molecule has 0 spiro atoms. The summed E-state index contributed by atoms with van der Waals surface area (Å²) in [4.78, 5) is 51.4. The minimum atomic E-state index is -2.82. The first-order chi connectivity index (χ1) is 37.1. The SMILES string of the molecule is OC1=Cc2cc3c[c]([Al]([c]4cc5cc6nc(cc7ccc(cc8nc(cc4[nH]5)C=C8)[nH]7)C(O)=C6)[c]4cc5cc6nc(cc7ccc(cc8nc(cc4[nH]5)C=C8)[nH]7)C(O)=C6)c(cc4nc(cc5ccc(cc1n2)[nH]5)C=C4)[nH]3. The lowest BCUT2D eigenvalue weighted by atomic mass is 10.3. The Bertz CT molecular complexity index is 4310. The molecular formula is C60H39AlN12O3. The van der Waals surface area contributed by atoms with Gasteiger partial charge < -0.3 is 45.2 Å². The van der Waals surface area contributed by atoms with Crippen LogP contribution in [0.1, 0.15) is 68.3 Å². The molecule has 0 aliphatic carbocycles. The number of H-pyrrole nitrogens is 6. The third kappa shape index (κ3) is 8.12. The van der Waals surface area contributed by atoms with Crippen LogP contribution in [0.5, 0.6) is 0 Å². The maximum absolute atomic E-state index is 11.2. The zero-order chi connectivity index (χ0) is 50.6. The highest BCUT2D eigenvalue weighted by Crippen LogP contribution is 2.26. The Kier molecular flexibility index (Phi) is 9.63. The smallest absolute Gasteiger partial charge is 0.393 e. The van der Waals surface area contributed by atoms with Crippen LogP contribution >= 0.6 is 0 Å². The Morgan fingerprint density at radius 2 is 0.526 bits per heavy atom. The van der Waals surface area contributed by atoms with Gasteiger partial charge in [0.25, 0.3) is 0 Å². The number of hydrogen-bond acceptors (Lipinski definition) is 9. The van der Waals surface area contributed by atoms with Gasteiger partial charge in [-0.25, -0.2) is 29.9 Å². The standard InChI is InChI=1S/3C20H13N4O.Al/c3*25-20-11-18-9-16-4-3-14(22-16)7-12-1-2-13(21-12)8-15-5-6-17(23-15)10-19(20)24-18;/h3*1-2,4-11,22-23,25H;. The zero-order valence-electron chi connectivity index (χ0n) is 39.9. The molecular weight excluding hydrogens is 964 g/mol. The first-order valence-corrected chi connectivity index (χ1v) is 26.3. The van der Waals surface area contributed by atoms with E-state index in [1.54, 1.807) is 18.2 Å². The van der Waals surface area contributed by atoms with E-state index in [2.05, 4.69) is 66.3 Å². The molecule has 15 rings (SSSR count). The molecule has 6 aliphatic rings. The van der Waals surface area contributed by atoms with Crippen molar-refractivity contribution < 1.29 is 15.3 Å². The average Bonchev–Trinajstić information content (AvgIpc) is 4.26. The Labute approximate surface area is 434 Å². The number of rotatable bonds is 3. The Hall–Kier alpha value is -10.3. The fraction of sp³-hybridized carbons (Fsp3) is 0. The number of aliphatic hydroxyl groups excluding tert-OH is 3. The lowest BCUT2D eigenvalue weighted by molar-refractivity contribution is 0.514. The number of nitrogens with one attached hydrogen (secondary N) is 6. The highest BCUT2D eigenvalue weighted by molar-refractivity contribution is 6.99. The summed E-state index contributed by atoms with van der Waals surface area (Å²) < 4.78 is 3.08. The topological polar surface area (TPSA) is 233 Å². The number of nitrogens with zero attached hydrogens (tertiary/aromatic N) is 6. The van der Waals surface area contributed by atoms with Gasteiger partial charge in [0.2, 0.25) is 0 Å². The van der Waals surface area contributed by atoms with Gasteiger partial charge in [-0.1, -0.05) is 13.3 Å². The molecule has 16 heteroatoms. The van der Waals surface area contributed by atoms with Crippen LogP contribution in [0.15, 0.2) is 127 Å². The molecule has 0 unspecified atom stereocenters. The fourth-order valence-electron chi connectivity index (χ4n) is 10.5. The molecule has 0 atom stereocenters. The van der Waals surface area contributed by atoms with Crippen LogP contribution in [0.2, 0.25) is 0 Å². The highest BCUT2D eigenvalue weighted by Gasteiger charge is 2.33. The Morgan fingerprint density at radius 1 is 0.263 bits per heavy atom. The molecule has 0 saturated heterocycles. The van der Waals surface area contributed by atoms with Gasteiger partial charge in [0.05, 0.1) is 51.2 Å². The van der Waals surface area contributed by atoms with Crippen LogP contribution < -0.4 is 13.3 Å². The van der Waals surface area contributed by atoms with E-state index in [4.69, 9.17) is 29.9 Å². The molecule has 360 valence electrons. The van der Waals surface area contributed by atoms with E-state index < -0.39 is 14.1 Å². The van der Waals surface area contributed by atoms with E-state index in [1.165, 1.54) is 0 Å². The second kappa shape index (κ2) is 16.9. The van der Waals surface area contributed by atoms with Crippen LogP contribution in [0.25, 0.3) is 138 Å². The second-order valence-corrected chi connectivity index (χ2v) is 22.0. The summed E-state index contributed by atoms with van der Waals surface area (Å²) in [5, 5.41) is 33.6. The molecule has 9 N–H and O–H groups in total. The van der Waals surface area contributed by atoms with Crippen molar-refractivity contribution in [2.45, 2.75) is 0 Å². The summed E-state index contributed by atoms with van der Waals surface area (Å²) in [5.74, 6) is 0.190. The summed E-state index contributed by atoms with van der Waals surface area (Å²) in [6.07, 6.45) is 17.1. The zero-order valence-corrected chi connectivity index (χ0v) is 41.1. The third-order valence-corrected chi connectivity index (χ3v) is 17.1. The van der Waals surface area contributed by atoms with Crippen molar-refractivity contribution in [3.8, 4) is 0 Å². The molecule has 9 aromatic heterocycles. The predicted molar refractivity (Wildman–Crippen MR) is 306 cm³/mol. The summed E-state index contributed by atoms with van der Waals surface area (Å²) in [6, 6.07) is 41.9. The molecule has 0 fully saturated rings. The number of hydrogen-bond donors (Lipinski definition) is 9. The Morgan fingerprint density at radius 3 is 0.829 bits per heavy atom. The quantitative estimate of drug-likeness (QED) is 0.0765. The van der Waals surface area contributed by atoms with Gasteiger partial charge in [-0.15, -0.1) is 0 Å². The van der Waals surface area contributed by atoms with Crippen LogP contribution in [0, 0.1) is 0 Å². The lowest BCUT2D eigenvalue weighted by Gasteiger charge is -2.11. The lowest BCUT2D eigenvalue weighted by Crippen LogP contribution is -2.51. The monoisotopic (exact) mass is 1000 g/mol. The van der Waals surface area contributed by atoms with Gasteiger partial charge in [0.1, 0.15) is 34.4 Å². The number of fused-ring (bicyclic) bond motifs is 24. The van der Waals surface area contributed by atoms with Crippen molar-refractivity contribution in [1.29, 1.82) is 0 Å². The van der Waals surface area contributed by atoms with E-state index in [1.807, 2.05) is 127 Å². The third-order valence-electron chi connectivity index (χ3n) is 13.8. The summed E-state index contributed by atoms with van der Waals surface area (Å²) in [7, 11) is 0. The van der Waals surface area contributed by atoms with Crippen LogP contribution in [-0.2, 0) is 0 Å². The van der Waals surface area contributed by atoms with Crippen molar-refractivity contribution >= 4 is 166 Å². The number of aromatic amines is 6. The van der Waals surface area contributed by atoms with E-state index in [0.717, 1.165) is 114 Å². The molecule has 24 bridgehead atoms. The van der Waals surface area contributed by atoms with E-state index in [9.17, 15) is 15.3 Å². The molecule has 6 aliphatic heterocycles. The predicted octanol–water partition coefficient (Wildman–Crippen LogP) is 10.8. The normalized spacial score (nSPS) is 13.5. The molecule has 0 amide bonds. The molecule has 15 heterocycles. The molecule has 76 heavy (non-hydrogen) atoms. The first-order valence-electron chi connectivity index (χ1n) is 24.6. The van der Waals surface area contributed by atoms with E-state index in [-0.39, 0.29) is 17.3 Å².